The van der Waals surface area contributed by atoms with Gasteiger partial charge in [-0.3, -0.25) is 0 Å². The molecule has 5 nitrogen and oxygen atoms in total. The summed E-state index contributed by atoms with van der Waals surface area (Å²) in [6.07, 6.45) is 0. The van der Waals surface area contributed by atoms with Gasteiger partial charge in [0.2, 0.25) is 0 Å². The smallest absolute Gasteiger partial charge is 0.339 e. The lowest BCUT2D eigenvalue weighted by atomic mass is 10.1. The van der Waals surface area contributed by atoms with Crippen molar-refractivity contribution in [3.8, 4) is 17.0 Å². The van der Waals surface area contributed by atoms with Gasteiger partial charge in [0.25, 0.3) is 0 Å². The van der Waals surface area contributed by atoms with Crippen molar-refractivity contribution in [2.75, 3.05) is 5.73 Å². The molecule has 0 saturated heterocycles. The predicted molar refractivity (Wildman–Crippen MR) is 94.1 cm³/mol. The van der Waals surface area contributed by atoms with Crippen molar-refractivity contribution < 1.29 is 15.0 Å². The fourth-order valence-corrected chi connectivity index (χ4v) is 3.71. The van der Waals surface area contributed by atoms with Crippen molar-refractivity contribution in [2.24, 2.45) is 7.05 Å². The zero-order chi connectivity index (χ0) is 16.0. The van der Waals surface area contributed by atoms with E-state index < -0.39 is 5.97 Å². The number of hydrogen-bond acceptors (Lipinski definition) is 3. The molecule has 0 aliphatic rings. The highest BCUT2D eigenvalue weighted by atomic mass is 127. The van der Waals surface area contributed by atoms with E-state index in [1.165, 1.54) is 12.1 Å². The number of aryl methyl sites for hydroxylation is 1. The third-order valence-electron chi connectivity index (χ3n) is 3.65. The number of carboxylic acids is 1. The highest BCUT2D eigenvalue weighted by molar-refractivity contribution is 14.1. The molecule has 0 spiro atoms. The molecular formula is C16H13IN2O3. The average Bonchev–Trinajstić information content (AvgIpc) is 2.69. The van der Waals surface area contributed by atoms with Crippen LogP contribution in [0.3, 0.4) is 0 Å². The number of halogens is 1. The van der Waals surface area contributed by atoms with Gasteiger partial charge in [0.1, 0.15) is 11.3 Å². The number of phenols is 1. The Hall–Kier alpha value is -2.22. The van der Waals surface area contributed by atoms with Crippen molar-refractivity contribution in [3.63, 3.8) is 0 Å². The zero-order valence-electron chi connectivity index (χ0n) is 11.7. The Bertz CT molecular complexity index is 915. The van der Waals surface area contributed by atoms with Crippen LogP contribution in [-0.2, 0) is 7.05 Å². The third-order valence-corrected chi connectivity index (χ3v) is 4.74. The van der Waals surface area contributed by atoms with Crippen LogP contribution in [0.5, 0.6) is 5.75 Å². The summed E-state index contributed by atoms with van der Waals surface area (Å²) in [5.41, 5.74) is 9.05. The Labute approximate surface area is 140 Å². The fourth-order valence-electron chi connectivity index (χ4n) is 2.60. The normalized spacial score (nSPS) is 11.0. The minimum Gasteiger partial charge on any atom is -0.507 e. The first-order valence-corrected chi connectivity index (χ1v) is 7.58. The van der Waals surface area contributed by atoms with Crippen LogP contribution in [0.25, 0.3) is 22.2 Å². The summed E-state index contributed by atoms with van der Waals surface area (Å²) in [5, 5.41) is 19.8. The molecule has 0 aliphatic carbocycles. The number of carboxylic acid groups (broad SMARTS) is 1. The molecule has 0 radical (unpaired) electrons. The van der Waals surface area contributed by atoms with Gasteiger partial charge in [0.05, 0.1) is 11.2 Å². The van der Waals surface area contributed by atoms with E-state index in [0.717, 1.165) is 25.7 Å². The van der Waals surface area contributed by atoms with E-state index in [0.29, 0.717) is 5.69 Å². The van der Waals surface area contributed by atoms with Crippen molar-refractivity contribution >= 4 is 45.2 Å². The Morgan fingerprint density at radius 2 is 2.00 bits per heavy atom. The molecule has 0 aliphatic heterocycles. The lowest BCUT2D eigenvalue weighted by Gasteiger charge is -2.06. The maximum atomic E-state index is 11.2. The van der Waals surface area contributed by atoms with E-state index in [4.69, 9.17) is 10.8 Å². The topological polar surface area (TPSA) is 88.5 Å². The summed E-state index contributed by atoms with van der Waals surface area (Å²) in [4.78, 5) is 11.2. The second-order valence-electron chi connectivity index (χ2n) is 5.04. The monoisotopic (exact) mass is 408 g/mol. The van der Waals surface area contributed by atoms with Crippen LogP contribution >= 0.6 is 22.6 Å². The van der Waals surface area contributed by atoms with Crippen molar-refractivity contribution in [1.29, 1.82) is 0 Å². The van der Waals surface area contributed by atoms with Gasteiger partial charge in [-0.15, -0.1) is 0 Å². The van der Waals surface area contributed by atoms with Gasteiger partial charge in [-0.05, 0) is 40.8 Å². The van der Waals surface area contributed by atoms with Crippen LogP contribution in [0.4, 0.5) is 5.69 Å². The zero-order valence-corrected chi connectivity index (χ0v) is 13.8. The SMILES string of the molecule is Cn1c(-c2cccc(N)c2)c(I)c2cc(C(=O)O)c(O)cc21. The minimum atomic E-state index is -1.15. The molecule has 3 aromatic rings. The highest BCUT2D eigenvalue weighted by Gasteiger charge is 2.19. The van der Waals surface area contributed by atoms with Gasteiger partial charge < -0.3 is 20.5 Å². The van der Waals surface area contributed by atoms with E-state index in [1.54, 1.807) is 0 Å². The number of nitrogens with zero attached hydrogens (tertiary/aromatic N) is 1. The highest BCUT2D eigenvalue weighted by Crippen LogP contribution is 2.37. The van der Waals surface area contributed by atoms with E-state index in [-0.39, 0.29) is 11.3 Å². The molecule has 1 aromatic heterocycles. The van der Waals surface area contributed by atoms with Gasteiger partial charge in [0, 0.05) is 33.3 Å². The molecule has 0 atom stereocenters. The number of carbonyl (C=O) groups is 1. The number of aromatic nitrogens is 1. The van der Waals surface area contributed by atoms with Crippen LogP contribution in [0.1, 0.15) is 10.4 Å². The summed E-state index contributed by atoms with van der Waals surface area (Å²) in [7, 11) is 1.88. The maximum absolute atomic E-state index is 11.2. The summed E-state index contributed by atoms with van der Waals surface area (Å²) in [6.45, 7) is 0. The molecular weight excluding hydrogens is 395 g/mol. The molecule has 0 amide bonds. The van der Waals surface area contributed by atoms with Gasteiger partial charge in [0.15, 0.2) is 0 Å². The Balaban J connectivity index is 2.36. The van der Waals surface area contributed by atoms with Gasteiger partial charge in [-0.2, -0.15) is 0 Å². The van der Waals surface area contributed by atoms with Crippen LogP contribution in [0.2, 0.25) is 0 Å². The first-order chi connectivity index (χ1) is 10.4. The first kappa shape index (κ1) is 14.7. The molecule has 6 heteroatoms. The molecule has 0 bridgehead atoms. The van der Waals surface area contributed by atoms with E-state index in [1.807, 2.05) is 35.9 Å². The molecule has 0 fully saturated rings. The van der Waals surface area contributed by atoms with Crippen LogP contribution in [-0.4, -0.2) is 20.7 Å². The largest absolute Gasteiger partial charge is 0.507 e. The summed E-state index contributed by atoms with van der Waals surface area (Å²) in [5.74, 6) is -1.39. The number of rotatable bonds is 2. The number of anilines is 1. The van der Waals surface area contributed by atoms with E-state index >= 15 is 0 Å². The van der Waals surface area contributed by atoms with Crippen molar-refractivity contribution in [2.45, 2.75) is 0 Å². The quantitative estimate of drug-likeness (QED) is 0.448. The molecule has 112 valence electrons. The van der Waals surface area contributed by atoms with Crippen LogP contribution in [0, 0.1) is 3.57 Å². The Kier molecular flexibility index (Phi) is 3.48. The van der Waals surface area contributed by atoms with E-state index in [9.17, 15) is 9.90 Å². The molecule has 0 saturated carbocycles. The predicted octanol–water partition coefficient (Wildman–Crippen LogP) is 3.44. The molecule has 3 rings (SSSR count). The van der Waals surface area contributed by atoms with Gasteiger partial charge >= 0.3 is 5.97 Å². The summed E-state index contributed by atoms with van der Waals surface area (Å²) in [6, 6.07) is 10.5. The number of aromatic hydroxyl groups is 1. The number of benzene rings is 2. The Morgan fingerprint density at radius 3 is 2.64 bits per heavy atom. The summed E-state index contributed by atoms with van der Waals surface area (Å²) >= 11 is 2.19. The maximum Gasteiger partial charge on any atom is 0.339 e. The molecule has 0 unspecified atom stereocenters. The van der Waals surface area contributed by atoms with Crippen LogP contribution in [0.15, 0.2) is 36.4 Å². The molecule has 4 N–H and O–H groups in total. The molecule has 22 heavy (non-hydrogen) atoms. The van der Waals surface area contributed by atoms with Crippen molar-refractivity contribution in [1.82, 2.24) is 4.57 Å². The van der Waals surface area contributed by atoms with Gasteiger partial charge in [-0.1, -0.05) is 12.1 Å². The van der Waals surface area contributed by atoms with Crippen LogP contribution < -0.4 is 5.73 Å². The number of nitrogen functional groups attached to an aromatic ring is 1. The molecule has 1 heterocycles. The standard InChI is InChI=1S/C16H13IN2O3/c1-19-12-7-13(20)11(16(21)22)6-10(12)14(17)15(19)8-3-2-4-9(18)5-8/h2-7,20H,18H2,1H3,(H,21,22). The minimum absolute atomic E-state index is 0.102. The second-order valence-corrected chi connectivity index (χ2v) is 6.12. The number of nitrogens with two attached hydrogens (primary N) is 1. The second kappa shape index (κ2) is 5.20. The van der Waals surface area contributed by atoms with Crippen molar-refractivity contribution in [3.05, 3.63) is 45.5 Å². The van der Waals surface area contributed by atoms with E-state index in [2.05, 4.69) is 22.6 Å². The lowest BCUT2D eigenvalue weighted by Crippen LogP contribution is -1.97. The number of aromatic carboxylic acids is 1. The lowest BCUT2D eigenvalue weighted by molar-refractivity contribution is 0.0694. The first-order valence-electron chi connectivity index (χ1n) is 6.50. The number of fused-ring (bicyclic) bond motifs is 1. The fraction of sp³-hybridized carbons (Fsp3) is 0.0625. The number of hydrogen-bond donors (Lipinski definition) is 3. The Morgan fingerprint density at radius 1 is 1.27 bits per heavy atom. The van der Waals surface area contributed by atoms with Gasteiger partial charge in [-0.25, -0.2) is 4.79 Å². The third kappa shape index (κ3) is 2.19. The molecule has 2 aromatic carbocycles. The average molecular weight is 408 g/mol. The summed E-state index contributed by atoms with van der Waals surface area (Å²) < 4.78 is 2.85.